The van der Waals surface area contributed by atoms with Crippen molar-refractivity contribution in [2.75, 3.05) is 39.8 Å². The van der Waals surface area contributed by atoms with Gasteiger partial charge in [-0.25, -0.2) is 0 Å². The van der Waals surface area contributed by atoms with E-state index in [2.05, 4.69) is 4.90 Å². The van der Waals surface area contributed by atoms with Crippen LogP contribution in [0, 0.1) is 0 Å². The minimum absolute atomic E-state index is 0.137. The average molecular weight is 255 g/mol. The lowest BCUT2D eigenvalue weighted by Gasteiger charge is -2.43. The van der Waals surface area contributed by atoms with Crippen LogP contribution in [0.3, 0.4) is 0 Å². The SMILES string of the molecule is COC(CN)CC(=O)N1CCN(C2CCC2)CC1. The quantitative estimate of drug-likeness (QED) is 0.754. The molecule has 1 saturated carbocycles. The normalized spacial score (nSPS) is 23.8. The Morgan fingerprint density at radius 2 is 2.00 bits per heavy atom. The van der Waals surface area contributed by atoms with E-state index in [9.17, 15) is 4.79 Å². The van der Waals surface area contributed by atoms with E-state index in [1.807, 2.05) is 4.90 Å². The number of methoxy groups -OCH3 is 1. The molecule has 1 unspecified atom stereocenters. The summed E-state index contributed by atoms with van der Waals surface area (Å²) in [4.78, 5) is 16.5. The van der Waals surface area contributed by atoms with Crippen molar-refractivity contribution < 1.29 is 9.53 Å². The van der Waals surface area contributed by atoms with E-state index >= 15 is 0 Å². The highest BCUT2D eigenvalue weighted by Gasteiger charge is 2.29. The molecule has 2 N–H and O–H groups in total. The van der Waals surface area contributed by atoms with E-state index in [1.54, 1.807) is 7.11 Å². The van der Waals surface area contributed by atoms with Crippen LogP contribution in [-0.4, -0.2) is 67.7 Å². The molecule has 2 rings (SSSR count). The molecule has 1 atom stereocenters. The maximum atomic E-state index is 12.1. The van der Waals surface area contributed by atoms with Crippen LogP contribution in [0.4, 0.5) is 0 Å². The molecule has 0 aromatic rings. The van der Waals surface area contributed by atoms with Crippen LogP contribution in [0.2, 0.25) is 0 Å². The number of carbonyl (C=O) groups excluding carboxylic acids is 1. The van der Waals surface area contributed by atoms with Crippen LogP contribution >= 0.6 is 0 Å². The van der Waals surface area contributed by atoms with Crippen LogP contribution in [0.5, 0.6) is 0 Å². The Morgan fingerprint density at radius 1 is 1.33 bits per heavy atom. The summed E-state index contributed by atoms with van der Waals surface area (Å²) in [5, 5.41) is 0. The average Bonchev–Trinajstić information content (AvgIpc) is 2.34. The highest BCUT2D eigenvalue weighted by atomic mass is 16.5. The third-order valence-corrected chi connectivity index (χ3v) is 4.26. The number of amides is 1. The highest BCUT2D eigenvalue weighted by molar-refractivity contribution is 5.76. The predicted octanol–water partition coefficient (Wildman–Crippen LogP) is 0.0469. The second-order valence-electron chi connectivity index (χ2n) is 5.30. The maximum absolute atomic E-state index is 12.1. The van der Waals surface area contributed by atoms with Gasteiger partial charge in [-0.3, -0.25) is 9.69 Å². The number of nitrogens with two attached hydrogens (primary N) is 1. The van der Waals surface area contributed by atoms with Crippen molar-refractivity contribution in [2.24, 2.45) is 5.73 Å². The molecule has 0 spiro atoms. The second-order valence-corrected chi connectivity index (χ2v) is 5.30. The standard InChI is InChI=1S/C13H25N3O2/c1-18-12(10-14)9-13(17)16-7-5-15(6-8-16)11-3-2-4-11/h11-12H,2-10,14H2,1H3. The number of nitrogens with zero attached hydrogens (tertiary/aromatic N) is 2. The summed E-state index contributed by atoms with van der Waals surface area (Å²) in [6.07, 6.45) is 4.33. The topological polar surface area (TPSA) is 58.8 Å². The summed E-state index contributed by atoms with van der Waals surface area (Å²) >= 11 is 0. The summed E-state index contributed by atoms with van der Waals surface area (Å²) < 4.78 is 5.16. The summed E-state index contributed by atoms with van der Waals surface area (Å²) in [6.45, 7) is 4.17. The third-order valence-electron chi connectivity index (χ3n) is 4.26. The van der Waals surface area contributed by atoms with Crippen molar-refractivity contribution in [3.05, 3.63) is 0 Å². The van der Waals surface area contributed by atoms with Crippen LogP contribution in [-0.2, 0) is 9.53 Å². The maximum Gasteiger partial charge on any atom is 0.225 e. The van der Waals surface area contributed by atoms with Crippen LogP contribution < -0.4 is 5.73 Å². The van der Waals surface area contributed by atoms with Crippen LogP contribution in [0.1, 0.15) is 25.7 Å². The Kier molecular flexibility index (Phi) is 4.97. The number of piperazine rings is 1. The van der Waals surface area contributed by atoms with Crippen molar-refractivity contribution in [1.82, 2.24) is 9.80 Å². The van der Waals surface area contributed by atoms with E-state index in [0.717, 1.165) is 32.2 Å². The first-order valence-electron chi connectivity index (χ1n) is 6.99. The van der Waals surface area contributed by atoms with Crippen molar-refractivity contribution in [3.8, 4) is 0 Å². The lowest BCUT2D eigenvalue weighted by Crippen LogP contribution is -2.54. The monoisotopic (exact) mass is 255 g/mol. The zero-order valence-corrected chi connectivity index (χ0v) is 11.3. The smallest absolute Gasteiger partial charge is 0.225 e. The molecule has 2 aliphatic rings. The summed E-state index contributed by atoms with van der Waals surface area (Å²) in [5.41, 5.74) is 5.54. The van der Waals surface area contributed by atoms with Crippen molar-refractivity contribution in [2.45, 2.75) is 37.8 Å². The van der Waals surface area contributed by atoms with E-state index in [-0.39, 0.29) is 12.0 Å². The van der Waals surface area contributed by atoms with Crippen molar-refractivity contribution >= 4 is 5.91 Å². The predicted molar refractivity (Wildman–Crippen MR) is 70.3 cm³/mol. The van der Waals surface area contributed by atoms with Crippen molar-refractivity contribution in [3.63, 3.8) is 0 Å². The van der Waals surface area contributed by atoms with Gasteiger partial charge in [0.25, 0.3) is 0 Å². The van der Waals surface area contributed by atoms with Gasteiger partial charge in [-0.1, -0.05) is 6.42 Å². The molecule has 2 fully saturated rings. The largest absolute Gasteiger partial charge is 0.380 e. The molecule has 5 nitrogen and oxygen atoms in total. The number of hydrogen-bond donors (Lipinski definition) is 1. The van der Waals surface area contributed by atoms with Crippen LogP contribution in [0.25, 0.3) is 0 Å². The molecular weight excluding hydrogens is 230 g/mol. The van der Waals surface area contributed by atoms with Gasteiger partial charge in [-0.15, -0.1) is 0 Å². The Balaban J connectivity index is 1.72. The van der Waals surface area contributed by atoms with Gasteiger partial charge in [0.05, 0.1) is 12.5 Å². The van der Waals surface area contributed by atoms with Gasteiger partial charge in [0.2, 0.25) is 5.91 Å². The molecule has 18 heavy (non-hydrogen) atoms. The first-order chi connectivity index (χ1) is 8.74. The van der Waals surface area contributed by atoms with E-state index < -0.39 is 0 Å². The third kappa shape index (κ3) is 3.22. The number of ether oxygens (including phenoxy) is 1. The molecule has 104 valence electrons. The van der Waals surface area contributed by atoms with E-state index in [1.165, 1.54) is 19.3 Å². The minimum Gasteiger partial charge on any atom is -0.380 e. The molecule has 1 saturated heterocycles. The van der Waals surface area contributed by atoms with E-state index in [0.29, 0.717) is 13.0 Å². The first kappa shape index (κ1) is 13.8. The van der Waals surface area contributed by atoms with Gasteiger partial charge in [-0.2, -0.15) is 0 Å². The molecule has 0 radical (unpaired) electrons. The molecule has 5 heteroatoms. The Bertz CT molecular complexity index is 269. The van der Waals surface area contributed by atoms with Gasteiger partial charge >= 0.3 is 0 Å². The van der Waals surface area contributed by atoms with Gasteiger partial charge in [0.1, 0.15) is 0 Å². The fourth-order valence-electron chi connectivity index (χ4n) is 2.68. The van der Waals surface area contributed by atoms with Gasteiger partial charge in [0, 0.05) is 45.9 Å². The molecule has 0 aromatic carbocycles. The van der Waals surface area contributed by atoms with Gasteiger partial charge < -0.3 is 15.4 Å². The van der Waals surface area contributed by atoms with Crippen molar-refractivity contribution in [1.29, 1.82) is 0 Å². The Hall–Kier alpha value is -0.650. The second kappa shape index (κ2) is 6.50. The fraction of sp³-hybridized carbons (Fsp3) is 0.923. The molecule has 0 aromatic heterocycles. The zero-order valence-electron chi connectivity index (χ0n) is 11.3. The summed E-state index contributed by atoms with van der Waals surface area (Å²) in [6, 6.07) is 0.790. The molecular formula is C13H25N3O2. The van der Waals surface area contributed by atoms with Gasteiger partial charge in [-0.05, 0) is 12.8 Å². The molecule has 0 bridgehead atoms. The fourth-order valence-corrected chi connectivity index (χ4v) is 2.68. The number of carbonyl (C=O) groups is 1. The van der Waals surface area contributed by atoms with E-state index in [4.69, 9.17) is 10.5 Å². The Morgan fingerprint density at radius 3 is 2.44 bits per heavy atom. The summed E-state index contributed by atoms with van der Waals surface area (Å²) in [7, 11) is 1.61. The summed E-state index contributed by atoms with van der Waals surface area (Å²) in [5.74, 6) is 0.181. The number of rotatable bonds is 5. The van der Waals surface area contributed by atoms with Crippen LogP contribution in [0.15, 0.2) is 0 Å². The highest BCUT2D eigenvalue weighted by Crippen LogP contribution is 2.25. The molecule has 1 aliphatic heterocycles. The minimum atomic E-state index is -0.137. The van der Waals surface area contributed by atoms with Gasteiger partial charge in [0.15, 0.2) is 0 Å². The first-order valence-corrected chi connectivity index (χ1v) is 6.99. The molecule has 1 amide bonds. The number of hydrogen-bond acceptors (Lipinski definition) is 4. The molecule has 1 heterocycles. The lowest BCUT2D eigenvalue weighted by atomic mass is 9.91. The lowest BCUT2D eigenvalue weighted by molar-refractivity contribution is -0.136. The Labute approximate surface area is 109 Å². The molecule has 1 aliphatic carbocycles. The zero-order chi connectivity index (χ0) is 13.0.